The van der Waals surface area contributed by atoms with Crippen molar-refractivity contribution in [2.75, 3.05) is 6.54 Å². The van der Waals surface area contributed by atoms with E-state index in [-0.39, 0.29) is 17.7 Å². The summed E-state index contributed by atoms with van der Waals surface area (Å²) in [5, 5.41) is 17.6. The predicted octanol–water partition coefficient (Wildman–Crippen LogP) is -0.372. The molecule has 0 aliphatic carbocycles. The van der Waals surface area contributed by atoms with Gasteiger partial charge in [-0.15, -0.1) is 0 Å². The van der Waals surface area contributed by atoms with Crippen molar-refractivity contribution in [2.24, 2.45) is 5.73 Å². The van der Waals surface area contributed by atoms with Crippen LogP contribution in [0.25, 0.3) is 0 Å². The number of alkyl halides is 1. The van der Waals surface area contributed by atoms with Crippen molar-refractivity contribution in [3.63, 3.8) is 0 Å². The minimum absolute atomic E-state index is 0.00393. The zero-order valence-corrected chi connectivity index (χ0v) is 11.2. The third kappa shape index (κ3) is 3.42. The first kappa shape index (κ1) is 14.9. The molecule has 0 aromatic heterocycles. The summed E-state index contributed by atoms with van der Waals surface area (Å²) < 4.78 is 0. The Morgan fingerprint density at radius 2 is 2.00 bits per heavy atom. The molecular formula is C10H15BrN2O5. The average molecular weight is 323 g/mol. The topological polar surface area (TPSA) is 121 Å². The maximum atomic E-state index is 11.9. The van der Waals surface area contributed by atoms with Crippen molar-refractivity contribution >= 4 is 33.8 Å². The van der Waals surface area contributed by atoms with Crippen molar-refractivity contribution < 1.29 is 24.6 Å². The summed E-state index contributed by atoms with van der Waals surface area (Å²) in [6.45, 7) is 0.312. The normalized spacial score (nSPS) is 24.9. The Morgan fingerprint density at radius 3 is 2.50 bits per heavy atom. The van der Waals surface area contributed by atoms with Crippen LogP contribution in [0.15, 0.2) is 0 Å². The van der Waals surface area contributed by atoms with Gasteiger partial charge in [-0.05, 0) is 12.8 Å². The van der Waals surface area contributed by atoms with Crippen LogP contribution >= 0.6 is 15.9 Å². The van der Waals surface area contributed by atoms with Crippen LogP contribution in [0.4, 0.5) is 0 Å². The van der Waals surface area contributed by atoms with Gasteiger partial charge in [0.1, 0.15) is 6.04 Å². The Balaban J connectivity index is 2.65. The molecule has 0 radical (unpaired) electrons. The molecule has 1 amide bonds. The Hall–Kier alpha value is -1.15. The fraction of sp³-hybridized carbons (Fsp3) is 0.700. The largest absolute Gasteiger partial charge is 0.481 e. The zero-order chi connectivity index (χ0) is 13.9. The molecule has 1 rings (SSSR count). The lowest BCUT2D eigenvalue weighted by molar-refractivity contribution is -0.148. The van der Waals surface area contributed by atoms with Gasteiger partial charge in [0.2, 0.25) is 5.91 Å². The van der Waals surface area contributed by atoms with Gasteiger partial charge in [0.05, 0.1) is 6.04 Å². The molecule has 1 fully saturated rings. The van der Waals surface area contributed by atoms with E-state index in [4.69, 9.17) is 15.9 Å². The quantitative estimate of drug-likeness (QED) is 0.594. The van der Waals surface area contributed by atoms with Gasteiger partial charge >= 0.3 is 11.9 Å². The second-order valence-electron chi connectivity index (χ2n) is 4.16. The number of likely N-dealkylation sites (tertiary alicyclic amines) is 1. The third-order valence-corrected chi connectivity index (χ3v) is 3.81. The molecule has 1 heterocycles. The van der Waals surface area contributed by atoms with E-state index in [1.165, 1.54) is 4.90 Å². The number of nitrogens with two attached hydrogens (primary N) is 1. The standard InChI is InChI=1S/C10H15BrN2O5/c11-5-3-4-13(8(5)10(17)18)9(16)6(12)1-2-7(14)15/h5-6,8H,1-4,12H2,(H,14,15)(H,17,18)/t5?,6-,8-/m0/s1. The number of carboxylic acids is 2. The second kappa shape index (κ2) is 6.14. The van der Waals surface area contributed by atoms with Gasteiger partial charge in [0.15, 0.2) is 0 Å². The Morgan fingerprint density at radius 1 is 1.39 bits per heavy atom. The van der Waals surface area contributed by atoms with Gasteiger partial charge in [-0.25, -0.2) is 4.79 Å². The molecule has 18 heavy (non-hydrogen) atoms. The number of aliphatic carboxylic acids is 2. The van der Waals surface area contributed by atoms with Crippen LogP contribution in [0.3, 0.4) is 0 Å². The van der Waals surface area contributed by atoms with E-state index in [0.717, 1.165) is 0 Å². The number of rotatable bonds is 5. The molecule has 7 nitrogen and oxygen atoms in total. The fourth-order valence-electron chi connectivity index (χ4n) is 1.91. The van der Waals surface area contributed by atoms with E-state index >= 15 is 0 Å². The molecule has 0 spiro atoms. The molecule has 0 bridgehead atoms. The van der Waals surface area contributed by atoms with Gasteiger partial charge in [0, 0.05) is 17.8 Å². The Kier molecular flexibility index (Phi) is 5.09. The number of carbonyl (C=O) groups excluding carboxylic acids is 1. The summed E-state index contributed by atoms with van der Waals surface area (Å²) in [7, 11) is 0. The zero-order valence-electron chi connectivity index (χ0n) is 9.58. The predicted molar refractivity (Wildman–Crippen MR) is 65.3 cm³/mol. The van der Waals surface area contributed by atoms with Gasteiger partial charge in [-0.3, -0.25) is 9.59 Å². The highest BCUT2D eigenvalue weighted by Crippen LogP contribution is 2.25. The summed E-state index contributed by atoms with van der Waals surface area (Å²) in [6, 6.07) is -1.91. The lowest BCUT2D eigenvalue weighted by atomic mass is 10.1. The van der Waals surface area contributed by atoms with Crippen LogP contribution in [-0.2, 0) is 14.4 Å². The number of hydrogen-bond acceptors (Lipinski definition) is 4. The van der Waals surface area contributed by atoms with Gasteiger partial charge in [-0.2, -0.15) is 0 Å². The number of carbonyl (C=O) groups is 3. The van der Waals surface area contributed by atoms with Crippen molar-refractivity contribution in [3.8, 4) is 0 Å². The molecule has 1 saturated heterocycles. The molecule has 1 aliphatic heterocycles. The lowest BCUT2D eigenvalue weighted by Gasteiger charge is -2.25. The van der Waals surface area contributed by atoms with E-state index in [1.807, 2.05) is 0 Å². The van der Waals surface area contributed by atoms with Crippen LogP contribution in [0.1, 0.15) is 19.3 Å². The van der Waals surface area contributed by atoms with Crippen LogP contribution in [0, 0.1) is 0 Å². The van der Waals surface area contributed by atoms with Crippen molar-refractivity contribution in [1.82, 2.24) is 4.90 Å². The molecule has 0 aromatic rings. The molecule has 102 valence electrons. The number of nitrogens with zero attached hydrogens (tertiary/aromatic N) is 1. The number of carboxylic acid groups (broad SMARTS) is 2. The van der Waals surface area contributed by atoms with E-state index in [9.17, 15) is 14.4 Å². The summed E-state index contributed by atoms with van der Waals surface area (Å²) >= 11 is 3.22. The molecule has 8 heteroatoms. The average Bonchev–Trinajstić information content (AvgIpc) is 2.66. The van der Waals surface area contributed by atoms with Crippen LogP contribution in [-0.4, -0.2) is 56.4 Å². The van der Waals surface area contributed by atoms with Crippen LogP contribution < -0.4 is 5.73 Å². The summed E-state index contributed by atoms with van der Waals surface area (Å²) in [5.41, 5.74) is 5.59. The number of halogens is 1. The van der Waals surface area contributed by atoms with Gasteiger partial charge in [0.25, 0.3) is 0 Å². The van der Waals surface area contributed by atoms with Crippen molar-refractivity contribution in [3.05, 3.63) is 0 Å². The minimum Gasteiger partial charge on any atom is -0.481 e. The van der Waals surface area contributed by atoms with E-state index in [1.54, 1.807) is 0 Å². The molecule has 1 unspecified atom stereocenters. The molecule has 3 atom stereocenters. The number of amides is 1. The SMILES string of the molecule is N[C@@H](CCC(=O)O)C(=O)N1CCC(Br)[C@H]1C(=O)O. The second-order valence-corrected chi connectivity index (χ2v) is 5.33. The van der Waals surface area contributed by atoms with E-state index in [0.29, 0.717) is 13.0 Å². The highest BCUT2D eigenvalue weighted by atomic mass is 79.9. The van der Waals surface area contributed by atoms with Gasteiger partial charge in [-0.1, -0.05) is 15.9 Å². The summed E-state index contributed by atoms with van der Waals surface area (Å²) in [4.78, 5) is 34.3. The summed E-state index contributed by atoms with van der Waals surface area (Å²) in [5.74, 6) is -2.63. The highest BCUT2D eigenvalue weighted by Gasteiger charge is 2.41. The third-order valence-electron chi connectivity index (χ3n) is 2.85. The first-order chi connectivity index (χ1) is 8.34. The van der Waals surface area contributed by atoms with Crippen LogP contribution in [0.2, 0.25) is 0 Å². The lowest BCUT2D eigenvalue weighted by Crippen LogP contribution is -2.50. The van der Waals surface area contributed by atoms with E-state index < -0.39 is 29.9 Å². The Labute approximate surface area is 112 Å². The van der Waals surface area contributed by atoms with E-state index in [2.05, 4.69) is 15.9 Å². The molecule has 0 aromatic carbocycles. The highest BCUT2D eigenvalue weighted by molar-refractivity contribution is 9.09. The molecular weight excluding hydrogens is 308 g/mol. The van der Waals surface area contributed by atoms with Gasteiger partial charge < -0.3 is 20.8 Å². The number of hydrogen-bond donors (Lipinski definition) is 3. The molecule has 0 saturated carbocycles. The first-order valence-electron chi connectivity index (χ1n) is 5.49. The maximum Gasteiger partial charge on any atom is 0.327 e. The maximum absolute atomic E-state index is 11.9. The van der Waals surface area contributed by atoms with Crippen LogP contribution in [0.5, 0.6) is 0 Å². The first-order valence-corrected chi connectivity index (χ1v) is 6.41. The summed E-state index contributed by atoms with van der Waals surface area (Å²) in [6.07, 6.45) is 0.328. The van der Waals surface area contributed by atoms with Crippen molar-refractivity contribution in [2.45, 2.75) is 36.2 Å². The molecule has 4 N–H and O–H groups in total. The fourth-order valence-corrected chi connectivity index (χ4v) is 2.62. The van der Waals surface area contributed by atoms with Crippen molar-refractivity contribution in [1.29, 1.82) is 0 Å². The monoisotopic (exact) mass is 322 g/mol. The minimum atomic E-state index is -1.09. The smallest absolute Gasteiger partial charge is 0.327 e. The Bertz CT molecular complexity index is 362. The molecule has 1 aliphatic rings.